The molecule has 0 fully saturated rings. The van der Waals surface area contributed by atoms with Gasteiger partial charge in [0.2, 0.25) is 0 Å². The summed E-state index contributed by atoms with van der Waals surface area (Å²) in [5.74, 6) is 0. The van der Waals surface area contributed by atoms with E-state index in [2.05, 4.69) is 0 Å². The van der Waals surface area contributed by atoms with E-state index in [-0.39, 0.29) is 5.41 Å². The first-order chi connectivity index (χ1) is 4.76. The van der Waals surface area contributed by atoms with Crippen LogP contribution in [-0.2, 0) is 11.1 Å². The van der Waals surface area contributed by atoms with Crippen molar-refractivity contribution >= 4 is 11.1 Å². The smallest absolute Gasteiger partial charge is 0.158 e. The number of hydrogen-bond donors (Lipinski definition) is 2. The fourth-order valence-corrected chi connectivity index (χ4v) is 1.44. The second-order valence-corrected chi connectivity index (χ2v) is 5.09. The van der Waals surface area contributed by atoms with Crippen molar-refractivity contribution in [2.75, 3.05) is 0 Å². The SMILES string of the molecule is CC(C(O)C(C)(C)C)S(=O)O. The third-order valence-electron chi connectivity index (χ3n) is 1.65. The lowest BCUT2D eigenvalue weighted by Crippen LogP contribution is -2.38. The molecule has 0 aliphatic carbocycles. The minimum Gasteiger partial charge on any atom is -0.391 e. The largest absolute Gasteiger partial charge is 0.391 e. The average Bonchev–Trinajstić information content (AvgIpc) is 1.82. The zero-order chi connectivity index (χ0) is 9.23. The summed E-state index contributed by atoms with van der Waals surface area (Å²) in [5.41, 5.74) is -0.336. The highest BCUT2D eigenvalue weighted by atomic mass is 32.2. The normalized spacial score (nSPS) is 20.9. The van der Waals surface area contributed by atoms with Crippen molar-refractivity contribution in [2.45, 2.75) is 39.0 Å². The van der Waals surface area contributed by atoms with Crippen molar-refractivity contribution in [3.8, 4) is 0 Å². The summed E-state index contributed by atoms with van der Waals surface area (Å²) in [6.45, 7) is 7.06. The third kappa shape index (κ3) is 3.31. The van der Waals surface area contributed by atoms with Crippen molar-refractivity contribution in [3.05, 3.63) is 0 Å². The summed E-state index contributed by atoms with van der Waals surface area (Å²) in [4.78, 5) is 0. The monoisotopic (exact) mass is 180 g/mol. The number of aliphatic hydroxyl groups is 1. The van der Waals surface area contributed by atoms with E-state index in [4.69, 9.17) is 4.55 Å². The molecule has 0 heterocycles. The molecule has 0 aromatic rings. The quantitative estimate of drug-likeness (QED) is 0.623. The van der Waals surface area contributed by atoms with E-state index in [1.165, 1.54) is 0 Å². The molecule has 0 aliphatic rings. The predicted molar refractivity (Wildman–Crippen MR) is 45.7 cm³/mol. The van der Waals surface area contributed by atoms with Crippen LogP contribution in [0.25, 0.3) is 0 Å². The van der Waals surface area contributed by atoms with Crippen molar-refractivity contribution < 1.29 is 13.9 Å². The van der Waals surface area contributed by atoms with Crippen molar-refractivity contribution in [1.29, 1.82) is 0 Å². The minimum atomic E-state index is -1.94. The number of aliphatic hydroxyl groups excluding tert-OH is 1. The van der Waals surface area contributed by atoms with Gasteiger partial charge in [-0.25, -0.2) is 4.21 Å². The molecule has 4 heteroatoms. The molecule has 0 spiro atoms. The Morgan fingerprint density at radius 2 is 1.73 bits per heavy atom. The maximum Gasteiger partial charge on any atom is 0.158 e. The van der Waals surface area contributed by atoms with Gasteiger partial charge >= 0.3 is 0 Å². The summed E-state index contributed by atoms with van der Waals surface area (Å²) < 4.78 is 19.2. The van der Waals surface area contributed by atoms with Gasteiger partial charge in [0.1, 0.15) is 0 Å². The van der Waals surface area contributed by atoms with Crippen LogP contribution in [0.15, 0.2) is 0 Å². The molecule has 0 amide bonds. The lowest BCUT2D eigenvalue weighted by atomic mass is 9.87. The second-order valence-electron chi connectivity index (χ2n) is 3.79. The highest BCUT2D eigenvalue weighted by molar-refractivity contribution is 7.79. The molecular formula is C7H16O3S. The van der Waals surface area contributed by atoms with Crippen LogP contribution in [0.5, 0.6) is 0 Å². The summed E-state index contributed by atoms with van der Waals surface area (Å²) in [5, 5.41) is 8.88. The zero-order valence-corrected chi connectivity index (χ0v) is 8.18. The summed E-state index contributed by atoms with van der Waals surface area (Å²) >= 11 is -1.94. The van der Waals surface area contributed by atoms with Crippen molar-refractivity contribution in [3.63, 3.8) is 0 Å². The number of rotatable bonds is 2. The summed E-state index contributed by atoms with van der Waals surface area (Å²) in [7, 11) is 0. The van der Waals surface area contributed by atoms with E-state index in [1.807, 2.05) is 20.8 Å². The minimum absolute atomic E-state index is 0.336. The first-order valence-electron chi connectivity index (χ1n) is 3.54. The van der Waals surface area contributed by atoms with Crippen LogP contribution in [0.4, 0.5) is 0 Å². The molecule has 0 bridgehead atoms. The summed E-state index contributed by atoms with van der Waals surface area (Å²) in [6, 6.07) is 0. The lowest BCUT2D eigenvalue weighted by Gasteiger charge is -2.28. The van der Waals surface area contributed by atoms with Gasteiger partial charge in [0, 0.05) is 0 Å². The van der Waals surface area contributed by atoms with E-state index in [1.54, 1.807) is 6.92 Å². The van der Waals surface area contributed by atoms with Gasteiger partial charge in [-0.1, -0.05) is 20.8 Å². The van der Waals surface area contributed by atoms with E-state index in [0.717, 1.165) is 0 Å². The van der Waals surface area contributed by atoms with E-state index in [9.17, 15) is 9.32 Å². The second kappa shape index (κ2) is 3.65. The maximum atomic E-state index is 10.5. The van der Waals surface area contributed by atoms with Gasteiger partial charge < -0.3 is 9.66 Å². The van der Waals surface area contributed by atoms with Gasteiger partial charge in [0.25, 0.3) is 0 Å². The Morgan fingerprint density at radius 3 is 1.82 bits per heavy atom. The van der Waals surface area contributed by atoms with Gasteiger partial charge in [0.15, 0.2) is 11.1 Å². The highest BCUT2D eigenvalue weighted by Gasteiger charge is 2.30. The molecule has 2 N–H and O–H groups in total. The molecule has 0 radical (unpaired) electrons. The molecule has 0 saturated carbocycles. The molecule has 0 aromatic carbocycles. The maximum absolute atomic E-state index is 10.5. The molecule has 0 aliphatic heterocycles. The molecule has 11 heavy (non-hydrogen) atoms. The molecule has 68 valence electrons. The summed E-state index contributed by atoms with van der Waals surface area (Å²) in [6.07, 6.45) is -0.742. The van der Waals surface area contributed by atoms with Gasteiger partial charge in [-0.15, -0.1) is 0 Å². The van der Waals surface area contributed by atoms with Crippen molar-refractivity contribution in [1.82, 2.24) is 0 Å². The topological polar surface area (TPSA) is 57.5 Å². The van der Waals surface area contributed by atoms with Crippen LogP contribution < -0.4 is 0 Å². The Bertz CT molecular complexity index is 150. The van der Waals surface area contributed by atoms with E-state index >= 15 is 0 Å². The Hall–Kier alpha value is 0.0700. The lowest BCUT2D eigenvalue weighted by molar-refractivity contribution is 0.0623. The highest BCUT2D eigenvalue weighted by Crippen LogP contribution is 2.23. The van der Waals surface area contributed by atoms with Crippen molar-refractivity contribution in [2.24, 2.45) is 5.41 Å². The van der Waals surface area contributed by atoms with Crippen LogP contribution >= 0.6 is 0 Å². The predicted octanol–water partition coefficient (Wildman–Crippen LogP) is 1.00. The Labute approximate surface area is 70.1 Å². The number of hydrogen-bond acceptors (Lipinski definition) is 2. The molecule has 3 atom stereocenters. The molecule has 0 saturated heterocycles. The molecule has 0 rings (SSSR count). The third-order valence-corrected chi connectivity index (χ3v) is 2.54. The zero-order valence-electron chi connectivity index (χ0n) is 7.37. The Balaban J connectivity index is 4.25. The van der Waals surface area contributed by atoms with E-state index in [0.29, 0.717) is 0 Å². The molecule has 0 aromatic heterocycles. The van der Waals surface area contributed by atoms with Crippen LogP contribution in [-0.4, -0.2) is 25.2 Å². The van der Waals surface area contributed by atoms with Crippen LogP contribution in [0.1, 0.15) is 27.7 Å². The Morgan fingerprint density at radius 1 is 1.36 bits per heavy atom. The van der Waals surface area contributed by atoms with Crippen LogP contribution in [0.3, 0.4) is 0 Å². The fraction of sp³-hybridized carbons (Fsp3) is 1.00. The van der Waals surface area contributed by atoms with Gasteiger partial charge in [-0.05, 0) is 12.3 Å². The molecule has 3 nitrogen and oxygen atoms in total. The van der Waals surface area contributed by atoms with Crippen LogP contribution in [0.2, 0.25) is 0 Å². The van der Waals surface area contributed by atoms with Gasteiger partial charge in [-0.3, -0.25) is 0 Å². The fourth-order valence-electron chi connectivity index (χ4n) is 0.814. The first-order valence-corrected chi connectivity index (χ1v) is 4.71. The van der Waals surface area contributed by atoms with E-state index < -0.39 is 22.4 Å². The Kier molecular flexibility index (Phi) is 3.67. The van der Waals surface area contributed by atoms with Gasteiger partial charge in [-0.2, -0.15) is 0 Å². The molecule has 3 unspecified atom stereocenters. The average molecular weight is 180 g/mol. The standard InChI is InChI=1S/C7H16O3S/c1-5(11(9)10)6(8)7(2,3)4/h5-6,8H,1-4H3,(H,9,10). The van der Waals surface area contributed by atoms with Crippen LogP contribution in [0, 0.1) is 5.41 Å². The van der Waals surface area contributed by atoms with Gasteiger partial charge in [0.05, 0.1) is 11.4 Å². The first kappa shape index (κ1) is 11.1. The molecular weight excluding hydrogens is 164 g/mol.